The summed E-state index contributed by atoms with van der Waals surface area (Å²) in [5, 5.41) is 18.5. The van der Waals surface area contributed by atoms with Crippen LogP contribution in [0, 0.1) is 20.9 Å². The van der Waals surface area contributed by atoms with Gasteiger partial charge in [-0.1, -0.05) is 38.0 Å². The van der Waals surface area contributed by atoms with Crippen molar-refractivity contribution in [2.24, 2.45) is 10.8 Å². The summed E-state index contributed by atoms with van der Waals surface area (Å²) in [5.41, 5.74) is 1.24. The lowest BCUT2D eigenvalue weighted by molar-refractivity contribution is -0.384. The van der Waals surface area contributed by atoms with Crippen LogP contribution in [0.2, 0.25) is 0 Å². The maximum absolute atomic E-state index is 13.3. The van der Waals surface area contributed by atoms with Gasteiger partial charge >= 0.3 is 0 Å². The number of carbonyl (C=O) groups excluding carboxylic acids is 2. The number of hydrogen-bond donors (Lipinski definition) is 3. The van der Waals surface area contributed by atoms with Crippen molar-refractivity contribution in [1.29, 1.82) is 0 Å². The van der Waals surface area contributed by atoms with Gasteiger partial charge in [-0.25, -0.2) is 13.1 Å². The number of nitrogens with one attached hydrogen (secondary N) is 3. The van der Waals surface area contributed by atoms with Crippen molar-refractivity contribution >= 4 is 50.7 Å². The Labute approximate surface area is 310 Å². The highest BCUT2D eigenvalue weighted by molar-refractivity contribution is 7.99. The number of benzene rings is 3. The van der Waals surface area contributed by atoms with Gasteiger partial charge in [-0.15, -0.1) is 11.8 Å². The standard InChI is InChI=1S/C39H49N5O6S2/c1-38(20-21-38)37(46)40-24-8-5-9-30(28-51-32-10-3-2-4-11-32)41-34-17-16-33(27-35(34)44(47)48)52(49,50)42-36(45)29-12-14-31(15-13-29)43-25-22-39(23-26-43)18-6-7-19-39/h2-4,10-17,27,30,41H,5-9,18-26,28H2,1H3,(H,40,46)(H,42,45)/t30-/m1/s1. The monoisotopic (exact) mass is 747 g/mol. The van der Waals surface area contributed by atoms with Crippen LogP contribution in [0.5, 0.6) is 0 Å². The molecule has 2 amide bonds. The van der Waals surface area contributed by atoms with Crippen molar-refractivity contribution in [3.8, 4) is 0 Å². The Morgan fingerprint density at radius 1 is 0.923 bits per heavy atom. The van der Waals surface area contributed by atoms with Crippen LogP contribution < -0.4 is 20.3 Å². The molecule has 3 aromatic carbocycles. The van der Waals surface area contributed by atoms with Crippen LogP contribution in [0.4, 0.5) is 17.1 Å². The highest BCUT2D eigenvalue weighted by Gasteiger charge is 2.44. The van der Waals surface area contributed by atoms with Crippen molar-refractivity contribution in [1.82, 2.24) is 10.0 Å². The fraction of sp³-hybridized carbons (Fsp3) is 0.487. The van der Waals surface area contributed by atoms with E-state index in [4.69, 9.17) is 0 Å². The van der Waals surface area contributed by atoms with E-state index in [0.29, 0.717) is 24.1 Å². The number of carbonyl (C=O) groups is 2. The molecule has 1 heterocycles. The first-order valence-electron chi connectivity index (χ1n) is 18.4. The minimum atomic E-state index is -4.41. The van der Waals surface area contributed by atoms with Crippen molar-refractivity contribution in [2.45, 2.75) is 93.4 Å². The van der Waals surface area contributed by atoms with Gasteiger partial charge in [-0.3, -0.25) is 19.7 Å². The lowest BCUT2D eigenvalue weighted by Crippen LogP contribution is -2.38. The molecule has 2 saturated carbocycles. The molecule has 0 bridgehead atoms. The second kappa shape index (κ2) is 16.3. The number of sulfonamides is 1. The average molecular weight is 748 g/mol. The quantitative estimate of drug-likeness (QED) is 0.0585. The largest absolute Gasteiger partial charge is 0.376 e. The van der Waals surface area contributed by atoms with Gasteiger partial charge in [-0.05, 0) is 112 Å². The number of piperidine rings is 1. The Hall–Kier alpha value is -4.10. The van der Waals surface area contributed by atoms with E-state index in [9.17, 15) is 28.1 Å². The molecule has 13 heteroatoms. The van der Waals surface area contributed by atoms with Crippen LogP contribution >= 0.6 is 11.8 Å². The zero-order chi connectivity index (χ0) is 36.8. The molecule has 1 aliphatic heterocycles. The minimum Gasteiger partial charge on any atom is -0.376 e. The molecule has 6 rings (SSSR count). The molecular weight excluding hydrogens is 699 g/mol. The third kappa shape index (κ3) is 9.46. The van der Waals surface area contributed by atoms with Crippen molar-refractivity contribution in [2.75, 3.05) is 35.6 Å². The molecule has 1 spiro atoms. The number of hydrogen-bond acceptors (Lipinski definition) is 9. The molecule has 1 saturated heterocycles. The summed E-state index contributed by atoms with van der Waals surface area (Å²) in [6, 6.07) is 20.2. The van der Waals surface area contributed by atoms with Gasteiger partial charge in [0.15, 0.2) is 0 Å². The maximum atomic E-state index is 13.3. The van der Waals surface area contributed by atoms with E-state index in [2.05, 4.69) is 20.3 Å². The van der Waals surface area contributed by atoms with E-state index < -0.39 is 26.5 Å². The predicted molar refractivity (Wildman–Crippen MR) is 205 cm³/mol. The molecule has 3 aliphatic rings. The fourth-order valence-corrected chi connectivity index (χ4v) is 9.34. The van der Waals surface area contributed by atoms with E-state index in [1.54, 1.807) is 23.9 Å². The van der Waals surface area contributed by atoms with Gasteiger partial charge in [0.25, 0.3) is 21.6 Å². The number of nitrogens with zero attached hydrogens (tertiary/aromatic N) is 2. The summed E-state index contributed by atoms with van der Waals surface area (Å²) in [6.45, 7) is 4.47. The number of anilines is 2. The van der Waals surface area contributed by atoms with Crippen molar-refractivity contribution in [3.63, 3.8) is 0 Å². The first-order valence-corrected chi connectivity index (χ1v) is 20.9. The summed E-state index contributed by atoms with van der Waals surface area (Å²) in [4.78, 5) is 40.0. The van der Waals surface area contributed by atoms with Crippen LogP contribution in [0.3, 0.4) is 0 Å². The third-order valence-corrected chi connectivity index (χ3v) is 13.6. The SMILES string of the molecule is CC1(C(=O)NCCCC[C@H](CSc2ccccc2)Nc2ccc(S(=O)(=O)NC(=O)c3ccc(N4CCC5(CCCC5)CC4)cc3)cc2[N+](=O)[O-])CC1. The van der Waals surface area contributed by atoms with Gasteiger partial charge < -0.3 is 15.5 Å². The Kier molecular flexibility index (Phi) is 11.8. The molecule has 0 aromatic heterocycles. The zero-order valence-electron chi connectivity index (χ0n) is 29.8. The Morgan fingerprint density at radius 3 is 2.27 bits per heavy atom. The van der Waals surface area contributed by atoms with E-state index in [1.165, 1.54) is 50.7 Å². The molecule has 3 N–H and O–H groups in total. The van der Waals surface area contributed by atoms with Gasteiger partial charge in [0, 0.05) is 59.1 Å². The number of nitro benzene ring substituents is 1. The summed E-state index contributed by atoms with van der Waals surface area (Å²) in [7, 11) is -4.41. The predicted octanol–water partition coefficient (Wildman–Crippen LogP) is 7.53. The molecule has 1 atom stereocenters. The van der Waals surface area contributed by atoms with Crippen LogP contribution in [-0.4, -0.2) is 56.6 Å². The summed E-state index contributed by atoms with van der Waals surface area (Å²) >= 11 is 1.62. The third-order valence-electron chi connectivity index (χ3n) is 11.1. The number of rotatable bonds is 16. The van der Waals surface area contributed by atoms with Crippen molar-refractivity contribution < 1.29 is 22.9 Å². The summed E-state index contributed by atoms with van der Waals surface area (Å²) < 4.78 is 28.7. The molecule has 2 aliphatic carbocycles. The molecule has 11 nitrogen and oxygen atoms in total. The minimum absolute atomic E-state index is 0.0890. The summed E-state index contributed by atoms with van der Waals surface area (Å²) in [6.07, 6.45) is 11.6. The molecular formula is C39H49N5O6S2. The van der Waals surface area contributed by atoms with Crippen LogP contribution in [0.25, 0.3) is 0 Å². The number of unbranched alkanes of at least 4 members (excludes halogenated alkanes) is 1. The molecule has 3 aromatic rings. The second-order valence-corrected chi connectivity index (χ2v) is 17.7. The van der Waals surface area contributed by atoms with Crippen LogP contribution in [-0.2, 0) is 14.8 Å². The van der Waals surface area contributed by atoms with Gasteiger partial charge in [0.2, 0.25) is 5.91 Å². The lowest BCUT2D eigenvalue weighted by atomic mass is 9.77. The molecule has 0 radical (unpaired) electrons. The molecule has 278 valence electrons. The van der Waals surface area contributed by atoms with E-state index in [-0.39, 0.29) is 33.5 Å². The lowest BCUT2D eigenvalue weighted by Gasteiger charge is -2.40. The fourth-order valence-electron chi connectivity index (χ4n) is 7.36. The highest BCUT2D eigenvalue weighted by atomic mass is 32.2. The van der Waals surface area contributed by atoms with Gasteiger partial charge in [0.05, 0.1) is 9.82 Å². The first-order chi connectivity index (χ1) is 25.0. The highest BCUT2D eigenvalue weighted by Crippen LogP contribution is 2.47. The Balaban J connectivity index is 1.08. The molecule has 52 heavy (non-hydrogen) atoms. The Bertz CT molecular complexity index is 1830. The van der Waals surface area contributed by atoms with Crippen molar-refractivity contribution in [3.05, 3.63) is 88.5 Å². The zero-order valence-corrected chi connectivity index (χ0v) is 31.4. The average Bonchev–Trinajstić information content (AvgIpc) is 3.75. The van der Waals surface area contributed by atoms with Crippen LogP contribution in [0.1, 0.15) is 87.9 Å². The molecule has 0 unspecified atom stereocenters. The van der Waals surface area contributed by atoms with Gasteiger partial charge in [0.1, 0.15) is 5.69 Å². The maximum Gasteiger partial charge on any atom is 0.293 e. The van der Waals surface area contributed by atoms with E-state index in [1.807, 2.05) is 49.4 Å². The van der Waals surface area contributed by atoms with E-state index >= 15 is 0 Å². The first kappa shape index (κ1) is 37.7. The Morgan fingerprint density at radius 2 is 1.62 bits per heavy atom. The topological polar surface area (TPSA) is 151 Å². The molecule has 3 fully saturated rings. The number of nitro groups is 1. The normalized spacial score (nSPS) is 18.1. The van der Waals surface area contributed by atoms with Gasteiger partial charge in [-0.2, -0.15) is 0 Å². The number of amides is 2. The second-order valence-electron chi connectivity index (χ2n) is 14.9. The van der Waals surface area contributed by atoms with E-state index in [0.717, 1.165) is 55.4 Å². The van der Waals surface area contributed by atoms with Crippen LogP contribution in [0.15, 0.2) is 82.6 Å². The summed E-state index contributed by atoms with van der Waals surface area (Å²) in [5.74, 6) is -0.106. The smallest absolute Gasteiger partial charge is 0.293 e. The number of thioether (sulfide) groups is 1.